The maximum atomic E-state index is 12.5. The molecule has 0 radical (unpaired) electrons. The summed E-state index contributed by atoms with van der Waals surface area (Å²) < 4.78 is 5.70. The molecule has 0 saturated heterocycles. The normalized spacial score (nSPS) is 38.0. The van der Waals surface area contributed by atoms with Crippen molar-refractivity contribution >= 4 is 11.8 Å². The molecular formula is C22H28O4. The van der Waals surface area contributed by atoms with Gasteiger partial charge in [-0.05, 0) is 80.0 Å². The molecule has 6 atom stereocenters. The third-order valence-electron chi connectivity index (χ3n) is 7.47. The van der Waals surface area contributed by atoms with E-state index < -0.39 is 0 Å². The number of ketones is 1. The molecule has 0 spiro atoms. The van der Waals surface area contributed by atoms with E-state index in [2.05, 4.69) is 13.0 Å². The second-order valence-electron chi connectivity index (χ2n) is 8.81. The monoisotopic (exact) mass is 356 g/mol. The second kappa shape index (κ2) is 6.11. The Morgan fingerprint density at radius 3 is 2.69 bits per heavy atom. The third-order valence-corrected chi connectivity index (χ3v) is 7.47. The van der Waals surface area contributed by atoms with Crippen molar-refractivity contribution in [3.8, 4) is 5.75 Å². The van der Waals surface area contributed by atoms with E-state index in [0.29, 0.717) is 24.0 Å². The Hall–Kier alpha value is -1.84. The number of aryl methyl sites for hydroxylation is 1. The van der Waals surface area contributed by atoms with Crippen LogP contribution in [0.2, 0.25) is 0 Å². The minimum atomic E-state index is -0.245. The van der Waals surface area contributed by atoms with E-state index in [4.69, 9.17) is 4.74 Å². The van der Waals surface area contributed by atoms with Gasteiger partial charge in [-0.2, -0.15) is 0 Å². The van der Waals surface area contributed by atoms with Crippen LogP contribution >= 0.6 is 0 Å². The van der Waals surface area contributed by atoms with E-state index in [-0.39, 0.29) is 35.1 Å². The number of esters is 1. The van der Waals surface area contributed by atoms with Crippen molar-refractivity contribution in [2.45, 2.75) is 64.9 Å². The number of ether oxygens (including phenoxy) is 1. The molecular weight excluding hydrogens is 328 g/mol. The lowest BCUT2D eigenvalue weighted by molar-refractivity contribution is -0.154. The van der Waals surface area contributed by atoms with Crippen molar-refractivity contribution in [3.05, 3.63) is 29.3 Å². The van der Waals surface area contributed by atoms with Gasteiger partial charge in [-0.25, -0.2) is 0 Å². The molecule has 140 valence electrons. The number of carbonyl (C=O) groups excluding carboxylic acids is 2. The van der Waals surface area contributed by atoms with Gasteiger partial charge in [-0.15, -0.1) is 0 Å². The van der Waals surface area contributed by atoms with Gasteiger partial charge in [0.25, 0.3) is 0 Å². The molecule has 0 bridgehead atoms. The Kier molecular flexibility index (Phi) is 4.13. The Labute approximate surface area is 154 Å². The van der Waals surface area contributed by atoms with Crippen LogP contribution in [0.15, 0.2) is 18.2 Å². The summed E-state index contributed by atoms with van der Waals surface area (Å²) in [7, 11) is 0. The van der Waals surface area contributed by atoms with E-state index in [0.717, 1.165) is 25.7 Å². The van der Waals surface area contributed by atoms with Crippen LogP contribution in [0.25, 0.3) is 0 Å². The Bertz CT molecular complexity index is 755. The molecule has 0 heterocycles. The highest BCUT2D eigenvalue weighted by Gasteiger charge is 2.61. The summed E-state index contributed by atoms with van der Waals surface area (Å²) >= 11 is 0. The molecule has 4 rings (SSSR count). The zero-order valence-corrected chi connectivity index (χ0v) is 15.8. The zero-order chi connectivity index (χ0) is 18.6. The summed E-state index contributed by atoms with van der Waals surface area (Å²) in [6.45, 7) is 5.39. The number of fused-ring (bicyclic) bond motifs is 5. The summed E-state index contributed by atoms with van der Waals surface area (Å²) in [5.74, 6) is 1.45. The Morgan fingerprint density at radius 1 is 1.23 bits per heavy atom. The zero-order valence-electron chi connectivity index (χ0n) is 15.8. The Balaban J connectivity index is 1.72. The molecule has 1 aromatic carbocycles. The fourth-order valence-corrected chi connectivity index (χ4v) is 6.43. The number of benzene rings is 1. The minimum Gasteiger partial charge on any atom is -0.508 e. The first-order valence-corrected chi connectivity index (χ1v) is 9.80. The number of hydrogen-bond acceptors (Lipinski definition) is 4. The fourth-order valence-electron chi connectivity index (χ4n) is 6.43. The number of carbonyl (C=O) groups is 2. The molecule has 3 aliphatic carbocycles. The van der Waals surface area contributed by atoms with Gasteiger partial charge >= 0.3 is 5.97 Å². The van der Waals surface area contributed by atoms with E-state index in [1.165, 1.54) is 18.1 Å². The maximum absolute atomic E-state index is 12.5. The van der Waals surface area contributed by atoms with Crippen molar-refractivity contribution in [1.29, 1.82) is 0 Å². The van der Waals surface area contributed by atoms with Crippen LogP contribution in [-0.2, 0) is 20.7 Å². The quantitative estimate of drug-likeness (QED) is 0.814. The molecule has 3 aliphatic rings. The topological polar surface area (TPSA) is 63.6 Å². The maximum Gasteiger partial charge on any atom is 0.302 e. The molecule has 0 aromatic heterocycles. The first-order valence-electron chi connectivity index (χ1n) is 9.80. The predicted octanol–water partition coefficient (Wildman–Crippen LogP) is 4.00. The molecule has 1 aromatic rings. The van der Waals surface area contributed by atoms with Crippen LogP contribution in [0.1, 0.15) is 63.5 Å². The number of rotatable bonds is 2. The first-order chi connectivity index (χ1) is 12.3. The Morgan fingerprint density at radius 2 is 2.00 bits per heavy atom. The van der Waals surface area contributed by atoms with E-state index >= 15 is 0 Å². The lowest BCUT2D eigenvalue weighted by atomic mass is 9.53. The molecule has 1 N–H and O–H groups in total. The minimum absolute atomic E-state index is 0.0178. The highest BCUT2D eigenvalue weighted by Crippen LogP contribution is 2.63. The van der Waals surface area contributed by atoms with Crippen LogP contribution < -0.4 is 0 Å². The average Bonchev–Trinajstić information content (AvgIpc) is 2.87. The summed E-state index contributed by atoms with van der Waals surface area (Å²) in [5.41, 5.74) is 2.49. The number of Topliss-reactive ketones (excluding diaryl/α,β-unsaturated/α-hetero) is 1. The van der Waals surface area contributed by atoms with Crippen LogP contribution in [0, 0.1) is 23.2 Å². The standard InChI is InChI=1S/C22H28O4/c1-12(23)19-11-20(26-13(2)24)22(3)9-8-17-16-7-5-15(25)10-14(16)4-6-18(17)21(19)22/h5,7,10,17-21,25H,4,6,8-9,11H2,1-3H3/t17-,18-,19?,20?,21-,22-/m1/s1. The molecule has 4 heteroatoms. The summed E-state index contributed by atoms with van der Waals surface area (Å²) in [4.78, 5) is 24.1. The van der Waals surface area contributed by atoms with Crippen molar-refractivity contribution in [1.82, 2.24) is 0 Å². The first kappa shape index (κ1) is 17.6. The lowest BCUT2D eigenvalue weighted by Crippen LogP contribution is -2.46. The average molecular weight is 356 g/mol. The van der Waals surface area contributed by atoms with Gasteiger partial charge in [0.1, 0.15) is 17.6 Å². The summed E-state index contributed by atoms with van der Waals surface area (Å²) in [6.07, 6.45) is 4.53. The molecule has 2 unspecified atom stereocenters. The van der Waals surface area contributed by atoms with Gasteiger partial charge in [0, 0.05) is 18.3 Å². The second-order valence-corrected chi connectivity index (χ2v) is 8.81. The van der Waals surface area contributed by atoms with Crippen molar-refractivity contribution < 1.29 is 19.4 Å². The molecule has 2 saturated carbocycles. The highest BCUT2D eigenvalue weighted by molar-refractivity contribution is 5.79. The van der Waals surface area contributed by atoms with E-state index in [9.17, 15) is 14.7 Å². The number of aromatic hydroxyl groups is 1. The predicted molar refractivity (Wildman–Crippen MR) is 97.8 cm³/mol. The number of hydrogen-bond donors (Lipinski definition) is 1. The van der Waals surface area contributed by atoms with E-state index in [1.807, 2.05) is 6.07 Å². The van der Waals surface area contributed by atoms with Crippen LogP contribution in [0.3, 0.4) is 0 Å². The van der Waals surface area contributed by atoms with Crippen LogP contribution in [0.4, 0.5) is 0 Å². The summed E-state index contributed by atoms with van der Waals surface area (Å²) in [6, 6.07) is 5.76. The highest BCUT2D eigenvalue weighted by atomic mass is 16.5. The molecule has 26 heavy (non-hydrogen) atoms. The molecule has 2 fully saturated rings. The SMILES string of the molecule is CC(=O)OC1CC(C(C)=O)[C@H]2[C@@H]3CCc4cc(O)ccc4[C@H]3CC[C@]12C. The van der Waals surface area contributed by atoms with Gasteiger partial charge in [-0.1, -0.05) is 13.0 Å². The number of phenols is 1. The van der Waals surface area contributed by atoms with E-state index in [1.54, 1.807) is 13.0 Å². The van der Waals surface area contributed by atoms with Crippen molar-refractivity contribution in [2.75, 3.05) is 0 Å². The molecule has 4 nitrogen and oxygen atoms in total. The van der Waals surface area contributed by atoms with Gasteiger partial charge in [-0.3, -0.25) is 9.59 Å². The van der Waals surface area contributed by atoms with Crippen LogP contribution in [-0.4, -0.2) is 23.0 Å². The van der Waals surface area contributed by atoms with Gasteiger partial charge < -0.3 is 9.84 Å². The van der Waals surface area contributed by atoms with Crippen molar-refractivity contribution in [3.63, 3.8) is 0 Å². The third kappa shape index (κ3) is 2.57. The van der Waals surface area contributed by atoms with Gasteiger partial charge in [0.05, 0.1) is 0 Å². The van der Waals surface area contributed by atoms with Crippen molar-refractivity contribution in [2.24, 2.45) is 23.2 Å². The van der Waals surface area contributed by atoms with Gasteiger partial charge in [0.2, 0.25) is 0 Å². The molecule has 0 aliphatic heterocycles. The number of phenolic OH excluding ortho intramolecular Hbond substituents is 1. The fraction of sp³-hybridized carbons (Fsp3) is 0.636. The smallest absolute Gasteiger partial charge is 0.302 e. The summed E-state index contributed by atoms with van der Waals surface area (Å²) in [5, 5.41) is 9.82. The largest absolute Gasteiger partial charge is 0.508 e. The molecule has 0 amide bonds. The van der Waals surface area contributed by atoms with Crippen LogP contribution in [0.5, 0.6) is 5.75 Å². The van der Waals surface area contributed by atoms with Gasteiger partial charge in [0.15, 0.2) is 0 Å². The lowest BCUT2D eigenvalue weighted by Gasteiger charge is -2.51.